The molecule has 2 N–H and O–H groups in total. The van der Waals surface area contributed by atoms with Gasteiger partial charge in [-0.15, -0.1) is 0 Å². The van der Waals surface area contributed by atoms with E-state index in [-0.39, 0.29) is 32.2 Å². The third kappa shape index (κ3) is 5.03. The topological polar surface area (TPSA) is 120 Å². The van der Waals surface area contributed by atoms with Gasteiger partial charge in [-0.3, -0.25) is 0 Å². The van der Waals surface area contributed by atoms with Crippen LogP contribution in [0.3, 0.4) is 0 Å². The predicted octanol–water partition coefficient (Wildman–Crippen LogP) is 3.53. The van der Waals surface area contributed by atoms with Gasteiger partial charge >= 0.3 is 6.18 Å². The van der Waals surface area contributed by atoms with Gasteiger partial charge < -0.3 is 0 Å². The molecule has 0 aliphatic heterocycles. The number of primary sulfonamides is 1. The number of alkyl halides is 3. The van der Waals surface area contributed by atoms with Crippen molar-refractivity contribution in [1.82, 2.24) is 9.97 Å². The summed E-state index contributed by atoms with van der Waals surface area (Å²) in [5, 5.41) is 4.54. The largest absolute Gasteiger partial charge is 0.451 e. The molecule has 2 aromatic carbocycles. The summed E-state index contributed by atoms with van der Waals surface area (Å²) < 4.78 is 86.0. The molecule has 3 rings (SSSR count). The first-order chi connectivity index (χ1) is 14.2. The summed E-state index contributed by atoms with van der Waals surface area (Å²) in [5.41, 5.74) is 0.166. The normalized spacial score (nSPS) is 12.7. The number of hydrogen-bond acceptors (Lipinski definition) is 6. The number of aromatic nitrogens is 2. The highest BCUT2D eigenvalue weighted by Gasteiger charge is 2.36. The maximum absolute atomic E-state index is 13.3. The van der Waals surface area contributed by atoms with Gasteiger partial charge in [0.1, 0.15) is 5.15 Å². The Labute approximate surface area is 180 Å². The second kappa shape index (κ2) is 7.86. The number of halogens is 4. The lowest BCUT2D eigenvalue weighted by Gasteiger charge is -2.15. The van der Waals surface area contributed by atoms with E-state index in [1.54, 1.807) is 0 Å². The number of rotatable bonds is 4. The molecule has 0 fully saturated rings. The van der Waals surface area contributed by atoms with Crippen molar-refractivity contribution in [1.29, 1.82) is 0 Å². The van der Waals surface area contributed by atoms with Crippen LogP contribution in [0.1, 0.15) is 5.82 Å². The molecule has 0 saturated heterocycles. The van der Waals surface area contributed by atoms with Crippen LogP contribution in [0.2, 0.25) is 5.15 Å². The predicted molar refractivity (Wildman–Crippen MR) is 107 cm³/mol. The van der Waals surface area contributed by atoms with Crippen LogP contribution in [0.5, 0.6) is 0 Å². The lowest BCUT2D eigenvalue weighted by Crippen LogP contribution is -2.13. The number of benzene rings is 2. The number of sulfonamides is 1. The van der Waals surface area contributed by atoms with Crippen molar-refractivity contribution in [2.45, 2.75) is 16.0 Å². The fraction of sp³-hybridized carbons (Fsp3) is 0.111. The van der Waals surface area contributed by atoms with Crippen LogP contribution in [-0.4, -0.2) is 33.1 Å². The highest BCUT2D eigenvalue weighted by Crippen LogP contribution is 2.39. The van der Waals surface area contributed by atoms with E-state index in [2.05, 4.69) is 9.97 Å². The average molecular weight is 492 g/mol. The molecule has 1 heterocycles. The Kier molecular flexibility index (Phi) is 5.86. The molecule has 7 nitrogen and oxygen atoms in total. The Morgan fingerprint density at radius 2 is 1.32 bits per heavy atom. The fourth-order valence-electron chi connectivity index (χ4n) is 2.70. The lowest BCUT2D eigenvalue weighted by atomic mass is 10.0. The molecule has 0 aliphatic rings. The Morgan fingerprint density at radius 3 is 1.77 bits per heavy atom. The molecule has 0 unspecified atom stereocenters. The third-order valence-electron chi connectivity index (χ3n) is 4.15. The van der Waals surface area contributed by atoms with Gasteiger partial charge in [-0.2, -0.15) is 13.2 Å². The van der Waals surface area contributed by atoms with Gasteiger partial charge in [0.15, 0.2) is 9.84 Å². The van der Waals surface area contributed by atoms with E-state index >= 15 is 0 Å². The zero-order valence-corrected chi connectivity index (χ0v) is 17.9. The van der Waals surface area contributed by atoms with Crippen LogP contribution in [0, 0.1) is 0 Å². The molecular formula is C18H13ClF3N3O4S2. The SMILES string of the molecule is CS(=O)(=O)c1ccc(-c2nc(C(F)(F)F)nc(Cl)c2-c2ccc(S(N)(=O)=O)cc2)cc1. The van der Waals surface area contributed by atoms with E-state index < -0.39 is 37.0 Å². The molecule has 1 aromatic heterocycles. The summed E-state index contributed by atoms with van der Waals surface area (Å²) in [5.74, 6) is -1.48. The molecule has 0 radical (unpaired) electrons. The van der Waals surface area contributed by atoms with Crippen molar-refractivity contribution in [3.05, 3.63) is 59.5 Å². The van der Waals surface area contributed by atoms with E-state index in [9.17, 15) is 30.0 Å². The maximum Gasteiger partial charge on any atom is 0.451 e. The van der Waals surface area contributed by atoms with E-state index in [1.165, 1.54) is 36.4 Å². The number of nitrogens with zero attached hydrogens (tertiary/aromatic N) is 2. The zero-order valence-electron chi connectivity index (χ0n) is 15.6. The van der Waals surface area contributed by atoms with Gasteiger partial charge in [0.25, 0.3) is 0 Å². The first-order valence-corrected chi connectivity index (χ1v) is 12.1. The standard InChI is InChI=1S/C18H13ClF3N3O4S2/c1-30(26,27)12-6-4-11(5-7-12)15-14(16(19)25-17(24-15)18(20,21)22)10-2-8-13(9-3-10)31(23,28)29/h2-9H,1H3,(H2,23,28,29). The third-order valence-corrected chi connectivity index (χ3v) is 6.48. The lowest BCUT2D eigenvalue weighted by molar-refractivity contribution is -0.144. The first kappa shape index (κ1) is 23.1. The van der Waals surface area contributed by atoms with Crippen LogP contribution in [0.25, 0.3) is 22.4 Å². The first-order valence-electron chi connectivity index (χ1n) is 8.26. The summed E-state index contributed by atoms with van der Waals surface area (Å²) in [7, 11) is -7.52. The van der Waals surface area contributed by atoms with Crippen LogP contribution in [-0.2, 0) is 26.0 Å². The van der Waals surface area contributed by atoms with Crippen molar-refractivity contribution in [2.24, 2.45) is 5.14 Å². The molecule has 164 valence electrons. The number of sulfone groups is 1. The minimum Gasteiger partial charge on any atom is -0.225 e. The van der Waals surface area contributed by atoms with Crippen molar-refractivity contribution in [3.8, 4) is 22.4 Å². The van der Waals surface area contributed by atoms with Crippen molar-refractivity contribution in [2.75, 3.05) is 6.26 Å². The van der Waals surface area contributed by atoms with Gasteiger partial charge in [-0.05, 0) is 29.8 Å². The molecular weight excluding hydrogens is 479 g/mol. The Bertz CT molecular complexity index is 1360. The summed E-state index contributed by atoms with van der Waals surface area (Å²) >= 11 is 6.07. The molecule has 31 heavy (non-hydrogen) atoms. The van der Waals surface area contributed by atoms with Crippen molar-refractivity contribution < 1.29 is 30.0 Å². The second-order valence-corrected chi connectivity index (χ2v) is 10.4. The Balaban J connectivity index is 2.26. The van der Waals surface area contributed by atoms with Crippen molar-refractivity contribution in [3.63, 3.8) is 0 Å². The van der Waals surface area contributed by atoms with E-state index in [0.717, 1.165) is 18.4 Å². The second-order valence-electron chi connectivity index (χ2n) is 6.43. The molecule has 13 heteroatoms. The van der Waals surface area contributed by atoms with Crippen LogP contribution < -0.4 is 5.14 Å². The molecule has 0 bridgehead atoms. The van der Waals surface area contributed by atoms with Gasteiger partial charge in [-0.1, -0.05) is 35.9 Å². The van der Waals surface area contributed by atoms with Gasteiger partial charge in [-0.25, -0.2) is 31.9 Å². The van der Waals surface area contributed by atoms with Gasteiger partial charge in [0, 0.05) is 17.4 Å². The quantitative estimate of drug-likeness (QED) is 0.557. The minimum absolute atomic E-state index is 0.00254. The monoisotopic (exact) mass is 491 g/mol. The summed E-state index contributed by atoms with van der Waals surface area (Å²) in [6.07, 6.45) is -3.90. The number of hydrogen-bond donors (Lipinski definition) is 1. The van der Waals surface area contributed by atoms with E-state index in [1.807, 2.05) is 0 Å². The smallest absolute Gasteiger partial charge is 0.225 e. The average Bonchev–Trinajstić information content (AvgIpc) is 2.65. The van der Waals surface area contributed by atoms with E-state index in [0.29, 0.717) is 0 Å². The Hall–Kier alpha value is -2.54. The minimum atomic E-state index is -4.89. The molecule has 0 amide bonds. The maximum atomic E-state index is 13.3. The van der Waals surface area contributed by atoms with Gasteiger partial charge in [0.2, 0.25) is 15.8 Å². The fourth-order valence-corrected chi connectivity index (χ4v) is 4.12. The van der Waals surface area contributed by atoms with Crippen LogP contribution >= 0.6 is 11.6 Å². The van der Waals surface area contributed by atoms with Gasteiger partial charge in [0.05, 0.1) is 15.5 Å². The molecule has 0 saturated carbocycles. The summed E-state index contributed by atoms with van der Waals surface area (Å²) in [4.78, 5) is 6.68. The van der Waals surface area contributed by atoms with Crippen LogP contribution in [0.15, 0.2) is 58.3 Å². The number of nitrogens with two attached hydrogens (primary N) is 1. The Morgan fingerprint density at radius 1 is 0.839 bits per heavy atom. The molecule has 0 aliphatic carbocycles. The summed E-state index contributed by atoms with van der Waals surface area (Å²) in [6, 6.07) is 9.95. The van der Waals surface area contributed by atoms with E-state index in [4.69, 9.17) is 16.7 Å². The highest BCUT2D eigenvalue weighted by molar-refractivity contribution is 7.90. The van der Waals surface area contributed by atoms with Crippen molar-refractivity contribution >= 4 is 31.5 Å². The molecule has 0 atom stereocenters. The highest BCUT2D eigenvalue weighted by atomic mass is 35.5. The van der Waals surface area contributed by atoms with Crippen LogP contribution in [0.4, 0.5) is 13.2 Å². The zero-order chi connectivity index (χ0) is 23.2. The summed E-state index contributed by atoms with van der Waals surface area (Å²) in [6.45, 7) is 0. The molecule has 3 aromatic rings. The molecule has 0 spiro atoms.